The van der Waals surface area contributed by atoms with Crippen LogP contribution in [0.25, 0.3) is 0 Å². The van der Waals surface area contributed by atoms with Gasteiger partial charge in [-0.1, -0.05) is 33.1 Å². The number of halogens is 2. The lowest BCUT2D eigenvalue weighted by atomic mass is 10.00. The molecule has 0 aromatic heterocycles. The van der Waals surface area contributed by atoms with Crippen LogP contribution in [0.2, 0.25) is 0 Å². The van der Waals surface area contributed by atoms with Crippen LogP contribution < -0.4 is 10.5 Å². The molecule has 0 aliphatic heterocycles. The minimum Gasteiger partial charge on any atom is -0.398 e. The molecule has 1 aromatic rings. The van der Waals surface area contributed by atoms with Gasteiger partial charge in [-0.15, -0.1) is 0 Å². The molecule has 1 unspecified atom stereocenters. The van der Waals surface area contributed by atoms with Crippen LogP contribution in [0.1, 0.15) is 39.5 Å². The van der Waals surface area contributed by atoms with Gasteiger partial charge in [0.1, 0.15) is 10.7 Å². The molecule has 3 N–H and O–H groups in total. The van der Waals surface area contributed by atoms with Gasteiger partial charge in [0, 0.05) is 16.7 Å². The Balaban J connectivity index is 2.84. The topological polar surface area (TPSA) is 72.2 Å². The summed E-state index contributed by atoms with van der Waals surface area (Å²) >= 11 is 3.07. The molecule has 21 heavy (non-hydrogen) atoms. The minimum absolute atomic E-state index is 0.190. The number of rotatable bonds is 8. The van der Waals surface area contributed by atoms with Crippen LogP contribution in [0.5, 0.6) is 0 Å². The molecule has 4 nitrogen and oxygen atoms in total. The Kier molecular flexibility index (Phi) is 7.09. The van der Waals surface area contributed by atoms with Gasteiger partial charge < -0.3 is 5.73 Å². The predicted molar refractivity (Wildman–Crippen MR) is 87.0 cm³/mol. The standard InChI is InChI=1S/C14H22BrFN2O2S/c1-3-5-6-10(4-2)9-18-21(19,20)14-8-13(17)11(15)7-12(14)16/h7-8,10,18H,3-6,9,17H2,1-2H3. The van der Waals surface area contributed by atoms with Crippen molar-refractivity contribution in [2.24, 2.45) is 5.92 Å². The number of hydrogen-bond donors (Lipinski definition) is 2. The fraction of sp³-hybridized carbons (Fsp3) is 0.571. The fourth-order valence-electron chi connectivity index (χ4n) is 2.00. The summed E-state index contributed by atoms with van der Waals surface area (Å²) in [6.07, 6.45) is 3.97. The number of nitrogen functional groups attached to an aromatic ring is 1. The average molecular weight is 381 g/mol. The van der Waals surface area contributed by atoms with Crippen molar-refractivity contribution in [3.8, 4) is 0 Å². The van der Waals surface area contributed by atoms with E-state index in [9.17, 15) is 12.8 Å². The molecular weight excluding hydrogens is 359 g/mol. The zero-order valence-electron chi connectivity index (χ0n) is 12.3. The van der Waals surface area contributed by atoms with Gasteiger partial charge in [-0.2, -0.15) is 0 Å². The van der Waals surface area contributed by atoms with Crippen molar-refractivity contribution >= 4 is 31.6 Å². The monoisotopic (exact) mass is 380 g/mol. The van der Waals surface area contributed by atoms with Crippen LogP contribution in [-0.2, 0) is 10.0 Å². The maximum atomic E-state index is 13.8. The average Bonchev–Trinajstić information content (AvgIpc) is 2.43. The molecule has 7 heteroatoms. The number of nitrogens with one attached hydrogen (secondary N) is 1. The molecule has 1 atom stereocenters. The largest absolute Gasteiger partial charge is 0.398 e. The Morgan fingerprint density at radius 1 is 1.38 bits per heavy atom. The number of hydrogen-bond acceptors (Lipinski definition) is 3. The molecular formula is C14H22BrFN2O2S. The minimum atomic E-state index is -3.89. The fourth-order valence-corrected chi connectivity index (χ4v) is 3.52. The van der Waals surface area contributed by atoms with Crippen LogP contribution in [0.3, 0.4) is 0 Å². The van der Waals surface area contributed by atoms with Crippen LogP contribution >= 0.6 is 15.9 Å². The van der Waals surface area contributed by atoms with Crippen LogP contribution in [0.15, 0.2) is 21.5 Å². The number of nitrogens with two attached hydrogens (primary N) is 1. The van der Waals surface area contributed by atoms with E-state index >= 15 is 0 Å². The molecule has 0 saturated carbocycles. The van der Waals surface area contributed by atoms with Crippen molar-refractivity contribution in [2.45, 2.75) is 44.4 Å². The lowest BCUT2D eigenvalue weighted by Crippen LogP contribution is -2.30. The summed E-state index contributed by atoms with van der Waals surface area (Å²) in [7, 11) is -3.89. The molecule has 0 saturated heterocycles. The zero-order chi connectivity index (χ0) is 16.0. The second kappa shape index (κ2) is 8.10. The molecule has 0 heterocycles. The quantitative estimate of drug-likeness (QED) is 0.675. The van der Waals surface area contributed by atoms with E-state index in [1.807, 2.05) is 6.92 Å². The first-order chi connectivity index (χ1) is 9.81. The Bertz CT molecular complexity index is 579. The van der Waals surface area contributed by atoms with E-state index < -0.39 is 20.7 Å². The van der Waals surface area contributed by atoms with Gasteiger partial charge in [0.05, 0.1) is 0 Å². The molecule has 1 rings (SSSR count). The van der Waals surface area contributed by atoms with Crippen molar-refractivity contribution < 1.29 is 12.8 Å². The van der Waals surface area contributed by atoms with E-state index in [4.69, 9.17) is 5.73 Å². The van der Waals surface area contributed by atoms with Gasteiger partial charge in [-0.3, -0.25) is 0 Å². The second-order valence-corrected chi connectivity index (χ2v) is 7.66. The highest BCUT2D eigenvalue weighted by Gasteiger charge is 2.21. The lowest BCUT2D eigenvalue weighted by Gasteiger charge is -2.16. The maximum absolute atomic E-state index is 13.8. The van der Waals surface area contributed by atoms with E-state index in [1.54, 1.807) is 0 Å². The summed E-state index contributed by atoms with van der Waals surface area (Å²) in [4.78, 5) is -0.409. The number of benzene rings is 1. The van der Waals surface area contributed by atoms with Crippen LogP contribution in [0, 0.1) is 11.7 Å². The van der Waals surface area contributed by atoms with Gasteiger partial charge in [0.15, 0.2) is 0 Å². The smallest absolute Gasteiger partial charge is 0.243 e. The molecule has 0 fully saturated rings. The lowest BCUT2D eigenvalue weighted by molar-refractivity contribution is 0.443. The molecule has 0 bridgehead atoms. The van der Waals surface area contributed by atoms with E-state index in [0.717, 1.165) is 37.8 Å². The third-order valence-corrected chi connectivity index (χ3v) is 5.57. The van der Waals surface area contributed by atoms with E-state index in [-0.39, 0.29) is 11.6 Å². The van der Waals surface area contributed by atoms with Gasteiger partial charge in [0.2, 0.25) is 10.0 Å². The van der Waals surface area contributed by atoms with E-state index in [0.29, 0.717) is 11.0 Å². The summed E-state index contributed by atoms with van der Waals surface area (Å²) in [5.41, 5.74) is 5.82. The Hall–Kier alpha value is -0.660. The van der Waals surface area contributed by atoms with Crippen molar-refractivity contribution in [1.82, 2.24) is 4.72 Å². The normalized spacial score (nSPS) is 13.3. The van der Waals surface area contributed by atoms with Crippen molar-refractivity contribution in [2.75, 3.05) is 12.3 Å². The Morgan fingerprint density at radius 2 is 2.05 bits per heavy atom. The highest BCUT2D eigenvalue weighted by atomic mass is 79.9. The third kappa shape index (κ3) is 5.23. The molecule has 0 aliphatic rings. The molecule has 1 aromatic carbocycles. The summed E-state index contributed by atoms with van der Waals surface area (Å²) in [6, 6.07) is 2.20. The van der Waals surface area contributed by atoms with Crippen molar-refractivity contribution in [1.29, 1.82) is 0 Å². The van der Waals surface area contributed by atoms with Gasteiger partial charge in [0.25, 0.3) is 0 Å². The first kappa shape index (κ1) is 18.4. The van der Waals surface area contributed by atoms with E-state index in [1.165, 1.54) is 0 Å². The molecule has 0 amide bonds. The number of sulfonamides is 1. The SMILES string of the molecule is CCCCC(CC)CNS(=O)(=O)c1cc(N)c(Br)cc1F. The predicted octanol–water partition coefficient (Wildman–Crippen LogP) is 3.67. The number of unbranched alkanes of at least 4 members (excludes halogenated alkanes) is 1. The second-order valence-electron chi connectivity index (χ2n) is 5.07. The summed E-state index contributed by atoms with van der Waals surface area (Å²) in [5.74, 6) is -0.555. The summed E-state index contributed by atoms with van der Waals surface area (Å²) < 4.78 is 41.0. The first-order valence-corrected chi connectivity index (χ1v) is 9.33. The molecule has 0 radical (unpaired) electrons. The van der Waals surface area contributed by atoms with Crippen LogP contribution in [-0.4, -0.2) is 15.0 Å². The van der Waals surface area contributed by atoms with Gasteiger partial charge >= 0.3 is 0 Å². The number of anilines is 1. The molecule has 0 spiro atoms. The van der Waals surface area contributed by atoms with Gasteiger partial charge in [-0.05, 0) is 40.4 Å². The highest BCUT2D eigenvalue weighted by Crippen LogP contribution is 2.26. The highest BCUT2D eigenvalue weighted by molar-refractivity contribution is 9.10. The van der Waals surface area contributed by atoms with Crippen LogP contribution in [0.4, 0.5) is 10.1 Å². The summed E-state index contributed by atoms with van der Waals surface area (Å²) in [5, 5.41) is 0. The van der Waals surface area contributed by atoms with Crippen molar-refractivity contribution in [3.63, 3.8) is 0 Å². The molecule has 0 aliphatic carbocycles. The first-order valence-electron chi connectivity index (χ1n) is 7.06. The van der Waals surface area contributed by atoms with Crippen molar-refractivity contribution in [3.05, 3.63) is 22.4 Å². The van der Waals surface area contributed by atoms with E-state index in [2.05, 4.69) is 27.6 Å². The maximum Gasteiger partial charge on any atom is 0.243 e. The van der Waals surface area contributed by atoms with Gasteiger partial charge in [-0.25, -0.2) is 17.5 Å². The Morgan fingerprint density at radius 3 is 2.62 bits per heavy atom. The Labute approximate surface area is 134 Å². The third-order valence-electron chi connectivity index (χ3n) is 3.45. The molecule has 120 valence electrons. The zero-order valence-corrected chi connectivity index (χ0v) is 14.7. The summed E-state index contributed by atoms with van der Waals surface area (Å²) in [6.45, 7) is 4.43.